The Labute approximate surface area is 97.4 Å². The van der Waals surface area contributed by atoms with Crippen molar-refractivity contribution in [2.45, 2.75) is 0 Å². The number of esters is 1. The molecule has 0 saturated heterocycles. The van der Waals surface area contributed by atoms with Crippen molar-refractivity contribution in [1.29, 1.82) is 0 Å². The number of benzene rings is 1. The highest BCUT2D eigenvalue weighted by molar-refractivity contribution is 7.80. The molecule has 15 heavy (non-hydrogen) atoms. The van der Waals surface area contributed by atoms with Crippen LogP contribution in [0, 0.1) is 0 Å². The van der Waals surface area contributed by atoms with Crippen molar-refractivity contribution in [1.82, 2.24) is 0 Å². The molecular weight excluding hydrogens is 236 g/mol. The van der Waals surface area contributed by atoms with Gasteiger partial charge in [0.2, 0.25) is 0 Å². The summed E-state index contributed by atoms with van der Waals surface area (Å²) < 4.78 is 4.56. The third-order valence-corrected chi connectivity index (χ3v) is 2.07. The van der Waals surface area contributed by atoms with Crippen LogP contribution in [-0.4, -0.2) is 18.2 Å². The van der Waals surface area contributed by atoms with Crippen LogP contribution in [0.5, 0.6) is 0 Å². The number of nitrogens with two attached hydrogens (primary N) is 1. The Balaban J connectivity index is 3.05. The van der Waals surface area contributed by atoms with Gasteiger partial charge >= 0.3 is 5.97 Å². The van der Waals surface area contributed by atoms with E-state index in [1.807, 2.05) is 0 Å². The van der Waals surface area contributed by atoms with Crippen molar-refractivity contribution in [3.8, 4) is 0 Å². The first-order valence-electron chi connectivity index (χ1n) is 3.99. The zero-order valence-electron chi connectivity index (χ0n) is 7.91. The maximum Gasteiger partial charge on any atom is 0.339 e. The zero-order valence-corrected chi connectivity index (χ0v) is 9.48. The summed E-state index contributed by atoms with van der Waals surface area (Å²) in [5, 5.41) is 3.13. The Bertz CT molecular complexity index is 409. The molecule has 0 atom stereocenters. The van der Waals surface area contributed by atoms with Gasteiger partial charge in [-0.3, -0.25) is 0 Å². The fourth-order valence-electron chi connectivity index (χ4n) is 1.01. The Morgan fingerprint density at radius 1 is 1.60 bits per heavy atom. The molecule has 0 unspecified atom stereocenters. The lowest BCUT2D eigenvalue weighted by molar-refractivity contribution is 0.0601. The molecule has 3 N–H and O–H groups in total. The Morgan fingerprint density at radius 2 is 2.27 bits per heavy atom. The second-order valence-corrected chi connectivity index (χ2v) is 3.52. The molecule has 0 radical (unpaired) electrons. The first-order chi connectivity index (χ1) is 7.04. The molecular formula is C9H9ClN2O2S. The van der Waals surface area contributed by atoms with Gasteiger partial charge in [0.1, 0.15) is 0 Å². The van der Waals surface area contributed by atoms with E-state index in [9.17, 15) is 4.79 Å². The van der Waals surface area contributed by atoms with Crippen molar-refractivity contribution in [3.05, 3.63) is 28.8 Å². The lowest BCUT2D eigenvalue weighted by Gasteiger charge is -2.07. The summed E-state index contributed by atoms with van der Waals surface area (Å²) in [7, 11) is 1.28. The molecule has 4 nitrogen and oxygen atoms in total. The maximum absolute atomic E-state index is 11.3. The van der Waals surface area contributed by atoms with E-state index < -0.39 is 5.97 Å². The molecule has 0 bridgehead atoms. The van der Waals surface area contributed by atoms with E-state index in [2.05, 4.69) is 22.3 Å². The van der Waals surface area contributed by atoms with Gasteiger partial charge in [-0.1, -0.05) is 11.6 Å². The van der Waals surface area contributed by atoms with Crippen LogP contribution in [0.3, 0.4) is 0 Å². The van der Waals surface area contributed by atoms with Gasteiger partial charge < -0.3 is 15.8 Å². The molecule has 0 spiro atoms. The summed E-state index contributed by atoms with van der Waals surface area (Å²) in [6.45, 7) is 0. The normalized spacial score (nSPS) is 9.47. The summed E-state index contributed by atoms with van der Waals surface area (Å²) in [4.78, 5) is 11.3. The summed E-state index contributed by atoms with van der Waals surface area (Å²) in [6.07, 6.45) is 0. The first-order valence-corrected chi connectivity index (χ1v) is 4.77. The van der Waals surface area contributed by atoms with Crippen molar-refractivity contribution < 1.29 is 9.53 Å². The zero-order chi connectivity index (χ0) is 11.4. The minimum Gasteiger partial charge on any atom is -0.465 e. The predicted octanol–water partition coefficient (Wildman–Crippen LogP) is 1.78. The van der Waals surface area contributed by atoms with Crippen molar-refractivity contribution in [3.63, 3.8) is 0 Å². The van der Waals surface area contributed by atoms with Gasteiger partial charge in [0.25, 0.3) is 0 Å². The summed E-state index contributed by atoms with van der Waals surface area (Å²) in [5.74, 6) is -0.508. The molecule has 80 valence electrons. The lowest BCUT2D eigenvalue weighted by Crippen LogP contribution is -2.19. The highest BCUT2D eigenvalue weighted by Crippen LogP contribution is 2.21. The summed E-state index contributed by atoms with van der Waals surface area (Å²) >= 11 is 10.5. The molecule has 0 aliphatic carbocycles. The van der Waals surface area contributed by atoms with Crippen LogP contribution in [0.15, 0.2) is 18.2 Å². The topological polar surface area (TPSA) is 64.3 Å². The quantitative estimate of drug-likeness (QED) is 0.613. The summed E-state index contributed by atoms with van der Waals surface area (Å²) in [6, 6.07) is 4.75. The van der Waals surface area contributed by atoms with E-state index in [0.717, 1.165) is 0 Å². The fourth-order valence-corrected chi connectivity index (χ4v) is 1.32. The molecule has 1 rings (SSSR count). The predicted molar refractivity (Wildman–Crippen MR) is 63.2 cm³/mol. The van der Waals surface area contributed by atoms with Crippen molar-refractivity contribution in [2.75, 3.05) is 12.4 Å². The van der Waals surface area contributed by atoms with E-state index in [-0.39, 0.29) is 10.7 Å². The van der Waals surface area contributed by atoms with Gasteiger partial charge in [0.15, 0.2) is 5.11 Å². The summed E-state index contributed by atoms with van der Waals surface area (Å²) in [5.41, 5.74) is 6.15. The van der Waals surface area contributed by atoms with Gasteiger partial charge in [-0.05, 0) is 30.4 Å². The number of halogens is 1. The lowest BCUT2D eigenvalue weighted by atomic mass is 10.2. The van der Waals surface area contributed by atoms with Gasteiger partial charge in [0, 0.05) is 5.69 Å². The monoisotopic (exact) mass is 244 g/mol. The third-order valence-electron chi connectivity index (χ3n) is 1.64. The van der Waals surface area contributed by atoms with E-state index >= 15 is 0 Å². The Hall–Kier alpha value is -1.33. The number of thiocarbonyl (C=S) groups is 1. The molecule has 0 aliphatic heterocycles. The second-order valence-electron chi connectivity index (χ2n) is 2.68. The standard InChI is InChI=1S/C9H9ClN2O2S/c1-14-8(13)6-4-5(12-9(11)15)2-3-7(6)10/h2-4H,1H3,(H3,11,12,15). The molecule has 0 aliphatic rings. The first kappa shape index (κ1) is 11.7. The smallest absolute Gasteiger partial charge is 0.339 e. The average Bonchev–Trinajstić information content (AvgIpc) is 2.19. The number of carbonyl (C=O) groups excluding carboxylic acids is 1. The van der Waals surface area contributed by atoms with E-state index in [1.165, 1.54) is 13.2 Å². The molecule has 1 aromatic carbocycles. The molecule has 0 aromatic heterocycles. The number of methoxy groups -OCH3 is 1. The number of nitrogens with one attached hydrogen (secondary N) is 1. The minimum absolute atomic E-state index is 0.119. The highest BCUT2D eigenvalue weighted by atomic mass is 35.5. The van der Waals surface area contributed by atoms with Gasteiger partial charge in [-0.15, -0.1) is 0 Å². The van der Waals surface area contributed by atoms with Crippen LogP contribution >= 0.6 is 23.8 Å². The average molecular weight is 245 g/mol. The number of carbonyl (C=O) groups is 1. The van der Waals surface area contributed by atoms with E-state index in [1.54, 1.807) is 12.1 Å². The molecule has 0 amide bonds. The number of ether oxygens (including phenoxy) is 1. The minimum atomic E-state index is -0.508. The third kappa shape index (κ3) is 3.07. The van der Waals surface area contributed by atoms with Crippen LogP contribution < -0.4 is 11.1 Å². The van der Waals surface area contributed by atoms with E-state index in [0.29, 0.717) is 10.7 Å². The molecule has 1 aromatic rings. The largest absolute Gasteiger partial charge is 0.465 e. The van der Waals surface area contributed by atoms with Crippen LogP contribution in [0.1, 0.15) is 10.4 Å². The Morgan fingerprint density at radius 3 is 2.80 bits per heavy atom. The molecule has 6 heteroatoms. The van der Waals surface area contributed by atoms with E-state index in [4.69, 9.17) is 17.3 Å². The Kier molecular flexibility index (Phi) is 3.88. The van der Waals surface area contributed by atoms with Crippen molar-refractivity contribution >= 4 is 40.6 Å². The van der Waals surface area contributed by atoms with Crippen LogP contribution in [-0.2, 0) is 4.74 Å². The highest BCUT2D eigenvalue weighted by Gasteiger charge is 2.11. The maximum atomic E-state index is 11.3. The van der Waals surface area contributed by atoms with Crippen molar-refractivity contribution in [2.24, 2.45) is 5.73 Å². The van der Waals surface area contributed by atoms with Crippen LogP contribution in [0.2, 0.25) is 5.02 Å². The van der Waals surface area contributed by atoms with Crippen LogP contribution in [0.25, 0.3) is 0 Å². The SMILES string of the molecule is COC(=O)c1cc(NC(N)=S)ccc1Cl. The number of hydrogen-bond donors (Lipinski definition) is 2. The number of rotatable bonds is 2. The molecule has 0 fully saturated rings. The molecule has 0 saturated carbocycles. The number of anilines is 1. The molecule has 0 heterocycles. The van der Waals surface area contributed by atoms with Gasteiger partial charge in [0.05, 0.1) is 17.7 Å². The second kappa shape index (κ2) is 4.95. The van der Waals surface area contributed by atoms with Gasteiger partial charge in [-0.2, -0.15) is 0 Å². The van der Waals surface area contributed by atoms with Crippen LogP contribution in [0.4, 0.5) is 5.69 Å². The van der Waals surface area contributed by atoms with Gasteiger partial charge in [-0.25, -0.2) is 4.79 Å². The fraction of sp³-hybridized carbons (Fsp3) is 0.111. The number of hydrogen-bond acceptors (Lipinski definition) is 3.